The van der Waals surface area contributed by atoms with Crippen LogP contribution < -0.4 is 0 Å². The van der Waals surface area contributed by atoms with Gasteiger partial charge in [0.1, 0.15) is 13.2 Å². The topological polar surface area (TPSA) is 78.9 Å². The lowest BCUT2D eigenvalue weighted by molar-refractivity contribution is -0.166. The highest BCUT2D eigenvalue weighted by molar-refractivity contribution is 5.71. The first kappa shape index (κ1) is 52.1. The lowest BCUT2D eigenvalue weighted by Gasteiger charge is -2.18. The number of esters is 3. The van der Waals surface area contributed by atoms with E-state index in [0.717, 1.165) is 83.5 Å². The summed E-state index contributed by atoms with van der Waals surface area (Å²) in [5, 5.41) is 0. The molecule has 0 amide bonds. The molecule has 6 nitrogen and oxygen atoms in total. The Hall–Kier alpha value is -2.89. The normalized spacial score (nSPS) is 12.6. The van der Waals surface area contributed by atoms with Crippen molar-refractivity contribution in [3.8, 4) is 0 Å². The fourth-order valence-corrected chi connectivity index (χ4v) is 6.10. The first-order chi connectivity index (χ1) is 27.0. The molecule has 1 unspecified atom stereocenters. The molecule has 0 aliphatic heterocycles. The lowest BCUT2D eigenvalue weighted by atomic mass is 10.1. The molecule has 55 heavy (non-hydrogen) atoms. The molecule has 316 valence electrons. The average molecular weight is 769 g/mol. The van der Waals surface area contributed by atoms with Gasteiger partial charge in [0.05, 0.1) is 0 Å². The molecule has 0 aromatic heterocycles. The zero-order valence-corrected chi connectivity index (χ0v) is 35.9. The fraction of sp³-hybridized carbons (Fsp3) is 0.735. The number of carbonyl (C=O) groups is 3. The highest BCUT2D eigenvalue weighted by Crippen LogP contribution is 2.13. The van der Waals surface area contributed by atoms with Gasteiger partial charge in [0.15, 0.2) is 6.10 Å². The van der Waals surface area contributed by atoms with Crippen molar-refractivity contribution < 1.29 is 28.6 Å². The number of hydrogen-bond donors (Lipinski definition) is 0. The summed E-state index contributed by atoms with van der Waals surface area (Å²) in [5.41, 5.74) is 0. The van der Waals surface area contributed by atoms with Gasteiger partial charge in [-0.2, -0.15) is 0 Å². The molecule has 0 aromatic rings. The van der Waals surface area contributed by atoms with E-state index in [1.54, 1.807) is 0 Å². The lowest BCUT2D eigenvalue weighted by Crippen LogP contribution is -2.30. The van der Waals surface area contributed by atoms with Gasteiger partial charge < -0.3 is 14.2 Å². The first-order valence-corrected chi connectivity index (χ1v) is 22.8. The van der Waals surface area contributed by atoms with Crippen molar-refractivity contribution >= 4 is 17.9 Å². The molecule has 0 aromatic carbocycles. The van der Waals surface area contributed by atoms with Gasteiger partial charge in [0, 0.05) is 19.3 Å². The van der Waals surface area contributed by atoms with Crippen LogP contribution in [0.25, 0.3) is 0 Å². The van der Waals surface area contributed by atoms with E-state index >= 15 is 0 Å². The minimum Gasteiger partial charge on any atom is -0.462 e. The molecule has 0 aliphatic rings. The second-order valence-electron chi connectivity index (χ2n) is 14.9. The minimum absolute atomic E-state index is 0.103. The van der Waals surface area contributed by atoms with Crippen LogP contribution in [0.1, 0.15) is 213 Å². The number of ether oxygens (including phenoxy) is 3. The molecular formula is C49H84O6. The van der Waals surface area contributed by atoms with E-state index in [-0.39, 0.29) is 37.5 Å². The Balaban J connectivity index is 4.48. The summed E-state index contributed by atoms with van der Waals surface area (Å²) in [6, 6.07) is 0. The average Bonchev–Trinajstić information content (AvgIpc) is 3.18. The Morgan fingerprint density at radius 3 is 1.18 bits per heavy atom. The van der Waals surface area contributed by atoms with Crippen LogP contribution in [0, 0.1) is 0 Å². The third kappa shape index (κ3) is 42.1. The SMILES string of the molecule is CC/C=C\C/C=C\C/C=C\CCCCCCC(=O)OCC(COC(=O)CCCCCCCCCCCC)OC(=O)CC/C=C\C/C=C\CCCCCCCC. The molecule has 0 heterocycles. The van der Waals surface area contributed by atoms with Crippen molar-refractivity contribution in [2.75, 3.05) is 13.2 Å². The van der Waals surface area contributed by atoms with Crippen LogP contribution in [-0.4, -0.2) is 37.2 Å². The van der Waals surface area contributed by atoms with Gasteiger partial charge in [-0.05, 0) is 70.6 Å². The summed E-state index contributed by atoms with van der Waals surface area (Å²) in [6.07, 6.45) is 52.1. The predicted octanol–water partition coefficient (Wildman–Crippen LogP) is 14.5. The first-order valence-electron chi connectivity index (χ1n) is 22.8. The number of allylic oxidation sites excluding steroid dienone is 10. The second-order valence-corrected chi connectivity index (χ2v) is 14.9. The molecule has 0 radical (unpaired) electrons. The maximum atomic E-state index is 12.7. The smallest absolute Gasteiger partial charge is 0.306 e. The Bertz CT molecular complexity index is 1020. The van der Waals surface area contributed by atoms with Crippen LogP contribution in [0.15, 0.2) is 60.8 Å². The van der Waals surface area contributed by atoms with Gasteiger partial charge in [-0.25, -0.2) is 0 Å². The second kappa shape index (κ2) is 43.8. The molecule has 0 fully saturated rings. The summed E-state index contributed by atoms with van der Waals surface area (Å²) < 4.78 is 16.6. The van der Waals surface area contributed by atoms with Crippen LogP contribution in [0.3, 0.4) is 0 Å². The standard InChI is InChI=1S/C49H84O6/c1-4-7-10-13-16-19-22-24-26-27-30-33-36-39-42-48(51)54-45-46(44-53-47(50)41-38-35-32-29-21-18-15-12-9-6-3)55-49(52)43-40-37-34-31-28-25-23-20-17-14-11-8-5-2/h7,10,16,19,24-26,28,34,37,46H,4-6,8-9,11-15,17-18,20-23,27,29-33,35-36,38-45H2,1-3H3/b10-7-,19-16-,26-24-,28-25-,37-34-. The quantitative estimate of drug-likeness (QED) is 0.0267. The summed E-state index contributed by atoms with van der Waals surface area (Å²) in [4.78, 5) is 37.7. The van der Waals surface area contributed by atoms with Gasteiger partial charge in [0.2, 0.25) is 0 Å². The van der Waals surface area contributed by atoms with Gasteiger partial charge in [0.25, 0.3) is 0 Å². The largest absolute Gasteiger partial charge is 0.462 e. The number of hydrogen-bond acceptors (Lipinski definition) is 6. The third-order valence-corrected chi connectivity index (χ3v) is 9.52. The van der Waals surface area contributed by atoms with Gasteiger partial charge >= 0.3 is 17.9 Å². The zero-order valence-electron chi connectivity index (χ0n) is 35.9. The van der Waals surface area contributed by atoms with Gasteiger partial charge in [-0.15, -0.1) is 0 Å². The highest BCUT2D eigenvalue weighted by Gasteiger charge is 2.19. The number of rotatable bonds is 40. The zero-order chi connectivity index (χ0) is 40.1. The predicted molar refractivity (Wildman–Crippen MR) is 233 cm³/mol. The van der Waals surface area contributed by atoms with Crippen LogP contribution in [0.5, 0.6) is 0 Å². The summed E-state index contributed by atoms with van der Waals surface area (Å²) >= 11 is 0. The molecule has 0 rings (SSSR count). The molecule has 0 N–H and O–H groups in total. The van der Waals surface area contributed by atoms with Crippen molar-refractivity contribution in [2.24, 2.45) is 0 Å². The maximum Gasteiger partial charge on any atom is 0.306 e. The maximum absolute atomic E-state index is 12.7. The highest BCUT2D eigenvalue weighted by atomic mass is 16.6. The molecule has 0 bridgehead atoms. The van der Waals surface area contributed by atoms with Gasteiger partial charge in [-0.3, -0.25) is 14.4 Å². The van der Waals surface area contributed by atoms with Crippen LogP contribution >= 0.6 is 0 Å². The van der Waals surface area contributed by atoms with Crippen molar-refractivity contribution in [3.63, 3.8) is 0 Å². The van der Waals surface area contributed by atoms with Crippen molar-refractivity contribution in [2.45, 2.75) is 219 Å². The van der Waals surface area contributed by atoms with Gasteiger partial charge in [-0.1, -0.05) is 184 Å². The van der Waals surface area contributed by atoms with Crippen molar-refractivity contribution in [1.82, 2.24) is 0 Å². The van der Waals surface area contributed by atoms with E-state index < -0.39 is 6.10 Å². The summed E-state index contributed by atoms with van der Waals surface area (Å²) in [6.45, 7) is 6.42. The number of carbonyl (C=O) groups excluding carboxylic acids is 3. The third-order valence-electron chi connectivity index (χ3n) is 9.52. The Kier molecular flexibility index (Phi) is 41.5. The molecule has 0 spiro atoms. The number of unbranched alkanes of at least 4 members (excludes halogenated alkanes) is 19. The van der Waals surface area contributed by atoms with Crippen LogP contribution in [-0.2, 0) is 28.6 Å². The van der Waals surface area contributed by atoms with E-state index in [0.29, 0.717) is 19.3 Å². The van der Waals surface area contributed by atoms with E-state index in [9.17, 15) is 14.4 Å². The van der Waals surface area contributed by atoms with E-state index in [1.807, 2.05) is 6.08 Å². The Morgan fingerprint density at radius 2 is 0.745 bits per heavy atom. The fourth-order valence-electron chi connectivity index (χ4n) is 6.10. The summed E-state index contributed by atoms with van der Waals surface area (Å²) in [5.74, 6) is -1.000. The van der Waals surface area contributed by atoms with Crippen molar-refractivity contribution in [3.05, 3.63) is 60.8 Å². The molecule has 1 atom stereocenters. The molecule has 0 saturated carbocycles. The van der Waals surface area contributed by atoms with E-state index in [4.69, 9.17) is 14.2 Å². The minimum atomic E-state index is -0.809. The van der Waals surface area contributed by atoms with E-state index in [1.165, 1.54) is 83.5 Å². The van der Waals surface area contributed by atoms with Crippen LogP contribution in [0.2, 0.25) is 0 Å². The van der Waals surface area contributed by atoms with Crippen molar-refractivity contribution in [1.29, 1.82) is 0 Å². The molecule has 0 aliphatic carbocycles. The molecule has 0 saturated heterocycles. The summed E-state index contributed by atoms with van der Waals surface area (Å²) in [7, 11) is 0. The molecule has 6 heteroatoms. The Morgan fingerprint density at radius 1 is 0.382 bits per heavy atom. The van der Waals surface area contributed by atoms with E-state index in [2.05, 4.69) is 75.5 Å². The molecular weight excluding hydrogens is 685 g/mol. The monoisotopic (exact) mass is 769 g/mol. The van der Waals surface area contributed by atoms with Crippen LogP contribution in [0.4, 0.5) is 0 Å². The Labute approximate surface area is 339 Å².